The summed E-state index contributed by atoms with van der Waals surface area (Å²) in [4.78, 5) is 40.1. The van der Waals surface area contributed by atoms with Gasteiger partial charge in [0.15, 0.2) is 0 Å². The molecule has 1 unspecified atom stereocenters. The van der Waals surface area contributed by atoms with Gasteiger partial charge in [-0.25, -0.2) is 0 Å². The molecule has 0 aromatic heterocycles. The number of carbonyl (C=O) groups excluding carboxylic acids is 3. The van der Waals surface area contributed by atoms with Crippen LogP contribution in [-0.2, 0) is 34.5 Å². The molecule has 1 aromatic carbocycles. The molecule has 1 fully saturated rings. The summed E-state index contributed by atoms with van der Waals surface area (Å²) >= 11 is 11.9. The van der Waals surface area contributed by atoms with E-state index < -0.39 is 31.1 Å². The third-order valence-corrected chi connectivity index (χ3v) is 7.38. The van der Waals surface area contributed by atoms with E-state index in [-0.39, 0.29) is 39.0 Å². The summed E-state index contributed by atoms with van der Waals surface area (Å²) in [6, 6.07) is 4.99. The topological polar surface area (TPSA) is 93.2 Å². The first-order chi connectivity index (χ1) is 14.1. The monoisotopic (exact) mass is 478 g/mol. The van der Waals surface area contributed by atoms with E-state index in [2.05, 4.69) is 0 Å². The molecule has 0 bridgehead atoms. The standard InChI is InChI=1S/C19H25Cl2N2O6P/c1-4-28-30(27,29-5-2)9-8-23-12-14(17(24)19(23)26)18(25)22(3)11-13-6-7-15(20)16(21)10-13/h6-7,10,14H,4-5,8-9,11-12H2,1-3H3. The molecule has 8 nitrogen and oxygen atoms in total. The lowest BCUT2D eigenvalue weighted by molar-refractivity contribution is -0.144. The van der Waals surface area contributed by atoms with Crippen LogP contribution in [0.4, 0.5) is 0 Å². The molecule has 1 heterocycles. The molecule has 0 spiro atoms. The van der Waals surface area contributed by atoms with E-state index in [0.29, 0.717) is 10.0 Å². The van der Waals surface area contributed by atoms with Gasteiger partial charge in [-0.05, 0) is 31.5 Å². The van der Waals surface area contributed by atoms with E-state index in [0.717, 1.165) is 5.56 Å². The maximum Gasteiger partial charge on any atom is 0.332 e. The van der Waals surface area contributed by atoms with Crippen molar-refractivity contribution in [3.8, 4) is 0 Å². The summed E-state index contributed by atoms with van der Waals surface area (Å²) < 4.78 is 23.0. The predicted molar refractivity (Wildman–Crippen MR) is 114 cm³/mol. The fourth-order valence-electron chi connectivity index (χ4n) is 3.13. The van der Waals surface area contributed by atoms with Gasteiger partial charge in [-0.3, -0.25) is 18.9 Å². The largest absolute Gasteiger partial charge is 0.341 e. The first-order valence-electron chi connectivity index (χ1n) is 9.52. The Kier molecular flexibility index (Phi) is 8.88. The Balaban J connectivity index is 2.01. The normalized spacial score (nSPS) is 17.0. The molecule has 1 aliphatic heterocycles. The van der Waals surface area contributed by atoms with Crippen molar-refractivity contribution in [3.05, 3.63) is 33.8 Å². The lowest BCUT2D eigenvalue weighted by Crippen LogP contribution is -2.36. The Morgan fingerprint density at radius 2 is 1.83 bits per heavy atom. The first kappa shape index (κ1) is 24.8. The number of halogens is 2. The van der Waals surface area contributed by atoms with Crippen molar-refractivity contribution < 1.29 is 28.0 Å². The van der Waals surface area contributed by atoms with Crippen LogP contribution in [0, 0.1) is 5.92 Å². The van der Waals surface area contributed by atoms with E-state index >= 15 is 0 Å². The number of amides is 2. The fourth-order valence-corrected chi connectivity index (χ4v) is 5.06. The molecular weight excluding hydrogens is 454 g/mol. The second kappa shape index (κ2) is 10.7. The Hall–Kier alpha value is -1.44. The highest BCUT2D eigenvalue weighted by Crippen LogP contribution is 2.47. The second-order valence-electron chi connectivity index (χ2n) is 6.78. The molecule has 1 aromatic rings. The van der Waals surface area contributed by atoms with Crippen LogP contribution >= 0.6 is 30.8 Å². The van der Waals surface area contributed by atoms with Gasteiger partial charge < -0.3 is 18.8 Å². The number of hydrogen-bond acceptors (Lipinski definition) is 6. The number of nitrogens with zero attached hydrogens (tertiary/aromatic N) is 2. The van der Waals surface area contributed by atoms with Gasteiger partial charge >= 0.3 is 7.60 Å². The molecule has 2 rings (SSSR count). The number of ketones is 1. The molecule has 30 heavy (non-hydrogen) atoms. The molecule has 0 N–H and O–H groups in total. The zero-order chi connectivity index (χ0) is 22.5. The Morgan fingerprint density at radius 3 is 2.40 bits per heavy atom. The molecule has 1 saturated heterocycles. The second-order valence-corrected chi connectivity index (χ2v) is 9.78. The number of benzene rings is 1. The SMILES string of the molecule is CCOP(=O)(CCN1CC(C(=O)N(C)Cc2ccc(Cl)c(Cl)c2)C(=O)C1=O)OCC. The van der Waals surface area contributed by atoms with Crippen LogP contribution in [0.3, 0.4) is 0 Å². The zero-order valence-corrected chi connectivity index (χ0v) is 19.5. The number of Topliss-reactive ketones (excluding diaryl/α,β-unsaturated/α-hetero) is 1. The lowest BCUT2D eigenvalue weighted by atomic mass is 10.1. The molecule has 166 valence electrons. The average Bonchev–Trinajstić information content (AvgIpc) is 2.97. The van der Waals surface area contributed by atoms with E-state index in [4.69, 9.17) is 32.2 Å². The third kappa shape index (κ3) is 6.05. The van der Waals surface area contributed by atoms with Gasteiger partial charge in [0, 0.05) is 26.7 Å². The molecule has 1 atom stereocenters. The van der Waals surface area contributed by atoms with Crippen LogP contribution < -0.4 is 0 Å². The number of hydrogen-bond donors (Lipinski definition) is 0. The molecule has 1 aliphatic rings. The summed E-state index contributed by atoms with van der Waals surface area (Å²) in [6.45, 7) is 3.92. The minimum absolute atomic E-state index is 0.00212. The Morgan fingerprint density at radius 1 is 1.20 bits per heavy atom. The van der Waals surface area contributed by atoms with Gasteiger partial charge in [0.25, 0.3) is 5.91 Å². The van der Waals surface area contributed by atoms with Crippen molar-refractivity contribution in [2.45, 2.75) is 20.4 Å². The van der Waals surface area contributed by atoms with Crippen LogP contribution in [-0.4, -0.2) is 66.9 Å². The van der Waals surface area contributed by atoms with Crippen molar-refractivity contribution >= 4 is 48.4 Å². The van der Waals surface area contributed by atoms with E-state index in [1.54, 1.807) is 39.1 Å². The van der Waals surface area contributed by atoms with Crippen molar-refractivity contribution in [2.75, 3.05) is 39.5 Å². The minimum Gasteiger partial charge on any atom is -0.341 e. The highest BCUT2D eigenvalue weighted by Gasteiger charge is 2.44. The number of rotatable bonds is 10. The molecule has 0 radical (unpaired) electrons. The first-order valence-corrected chi connectivity index (χ1v) is 12.0. The maximum atomic E-state index is 12.8. The van der Waals surface area contributed by atoms with Crippen LogP contribution in [0.25, 0.3) is 0 Å². The van der Waals surface area contributed by atoms with Crippen LogP contribution in [0.5, 0.6) is 0 Å². The van der Waals surface area contributed by atoms with Gasteiger partial charge in [-0.2, -0.15) is 0 Å². The summed E-state index contributed by atoms with van der Waals surface area (Å²) in [5.74, 6) is -3.12. The highest BCUT2D eigenvalue weighted by molar-refractivity contribution is 7.53. The average molecular weight is 479 g/mol. The molecule has 0 saturated carbocycles. The maximum absolute atomic E-state index is 12.8. The third-order valence-electron chi connectivity index (χ3n) is 4.59. The Bertz CT molecular complexity index is 855. The van der Waals surface area contributed by atoms with E-state index in [1.807, 2.05) is 0 Å². The number of carbonyl (C=O) groups is 3. The summed E-state index contributed by atoms with van der Waals surface area (Å²) in [7, 11) is -1.81. The lowest BCUT2D eigenvalue weighted by Gasteiger charge is -2.22. The summed E-state index contributed by atoms with van der Waals surface area (Å²) in [5.41, 5.74) is 0.739. The highest BCUT2D eigenvalue weighted by atomic mass is 35.5. The molecule has 11 heteroatoms. The molecule has 0 aliphatic carbocycles. The number of likely N-dealkylation sites (tertiary alicyclic amines) is 1. The predicted octanol–water partition coefficient (Wildman–Crippen LogP) is 3.25. The zero-order valence-electron chi connectivity index (χ0n) is 17.1. The van der Waals surface area contributed by atoms with Crippen LogP contribution in [0.2, 0.25) is 10.0 Å². The van der Waals surface area contributed by atoms with E-state index in [1.165, 1.54) is 9.80 Å². The van der Waals surface area contributed by atoms with Crippen molar-refractivity contribution in [2.24, 2.45) is 5.92 Å². The summed E-state index contributed by atoms with van der Waals surface area (Å²) in [5, 5.41) is 0.763. The Labute approximate surface area is 185 Å². The van der Waals surface area contributed by atoms with Crippen molar-refractivity contribution in [3.63, 3.8) is 0 Å². The van der Waals surface area contributed by atoms with Gasteiger partial charge in [0.05, 0.1) is 29.4 Å². The fraction of sp³-hybridized carbons (Fsp3) is 0.526. The minimum atomic E-state index is -3.36. The molecule has 2 amide bonds. The van der Waals surface area contributed by atoms with Crippen LogP contribution in [0.1, 0.15) is 19.4 Å². The van der Waals surface area contributed by atoms with Crippen molar-refractivity contribution in [1.29, 1.82) is 0 Å². The smallest absolute Gasteiger partial charge is 0.332 e. The quantitative estimate of drug-likeness (QED) is 0.291. The van der Waals surface area contributed by atoms with Gasteiger partial charge in [0.1, 0.15) is 5.92 Å². The summed E-state index contributed by atoms with van der Waals surface area (Å²) in [6.07, 6.45) is -0.0479. The van der Waals surface area contributed by atoms with E-state index in [9.17, 15) is 18.9 Å². The van der Waals surface area contributed by atoms with Crippen molar-refractivity contribution in [1.82, 2.24) is 9.80 Å². The molecular formula is C19H25Cl2N2O6P. The van der Waals surface area contributed by atoms with Gasteiger partial charge in [-0.15, -0.1) is 0 Å². The van der Waals surface area contributed by atoms with Crippen LogP contribution in [0.15, 0.2) is 18.2 Å². The van der Waals surface area contributed by atoms with Gasteiger partial charge in [0.2, 0.25) is 11.7 Å². The van der Waals surface area contributed by atoms with Gasteiger partial charge in [-0.1, -0.05) is 29.3 Å².